The first-order chi connectivity index (χ1) is 12.1. The molecule has 0 spiro atoms. The van der Waals surface area contributed by atoms with Gasteiger partial charge in [0.05, 0.1) is 17.2 Å². The molecule has 0 aliphatic rings. The zero-order chi connectivity index (χ0) is 18.1. The normalized spacial score (nSPS) is 12.9. The molecule has 25 heavy (non-hydrogen) atoms. The molecule has 1 aromatic heterocycles. The number of methoxy groups -OCH3 is 1. The summed E-state index contributed by atoms with van der Waals surface area (Å²) < 4.78 is 5.58. The van der Waals surface area contributed by atoms with E-state index >= 15 is 0 Å². The molecule has 0 radical (unpaired) electrons. The first kappa shape index (κ1) is 19.4. The van der Waals surface area contributed by atoms with Gasteiger partial charge in [0.15, 0.2) is 5.96 Å². The molecular weight excluding hydrogens is 332 g/mol. The summed E-state index contributed by atoms with van der Waals surface area (Å²) in [6.45, 7) is 8.44. The Bertz CT molecular complexity index is 650. The Kier molecular flexibility index (Phi) is 7.88. The SMILES string of the molecule is CCNC(=NCC(OC)c1ccccc1)NCCc1nc(C)c(C)s1. The van der Waals surface area contributed by atoms with Crippen LogP contribution in [-0.2, 0) is 11.2 Å². The Hall–Kier alpha value is -1.92. The predicted molar refractivity (Wildman–Crippen MR) is 105 cm³/mol. The van der Waals surface area contributed by atoms with Crippen molar-refractivity contribution in [3.63, 3.8) is 0 Å². The fourth-order valence-electron chi connectivity index (χ4n) is 2.43. The van der Waals surface area contributed by atoms with E-state index < -0.39 is 0 Å². The number of hydrogen-bond donors (Lipinski definition) is 2. The molecule has 0 amide bonds. The lowest BCUT2D eigenvalue weighted by Crippen LogP contribution is -2.38. The molecule has 0 bridgehead atoms. The summed E-state index contributed by atoms with van der Waals surface area (Å²) in [6.07, 6.45) is 0.858. The van der Waals surface area contributed by atoms with Gasteiger partial charge in [0.25, 0.3) is 0 Å². The van der Waals surface area contributed by atoms with E-state index in [4.69, 9.17) is 4.74 Å². The van der Waals surface area contributed by atoms with Crippen LogP contribution in [0.25, 0.3) is 0 Å². The molecule has 0 saturated heterocycles. The molecule has 1 atom stereocenters. The molecule has 0 aliphatic heterocycles. The maximum Gasteiger partial charge on any atom is 0.191 e. The number of nitrogens with one attached hydrogen (secondary N) is 2. The van der Waals surface area contributed by atoms with Crippen LogP contribution >= 0.6 is 11.3 Å². The van der Waals surface area contributed by atoms with Crippen molar-refractivity contribution < 1.29 is 4.74 Å². The molecule has 1 aromatic carbocycles. The van der Waals surface area contributed by atoms with Crippen molar-refractivity contribution in [3.05, 3.63) is 51.5 Å². The van der Waals surface area contributed by atoms with Gasteiger partial charge >= 0.3 is 0 Å². The Morgan fingerprint density at radius 2 is 2.00 bits per heavy atom. The molecule has 1 heterocycles. The monoisotopic (exact) mass is 360 g/mol. The first-order valence-corrected chi connectivity index (χ1v) is 9.48. The summed E-state index contributed by atoms with van der Waals surface area (Å²) in [4.78, 5) is 10.5. The highest BCUT2D eigenvalue weighted by molar-refractivity contribution is 7.11. The number of aliphatic imine (C=N–C) groups is 1. The van der Waals surface area contributed by atoms with E-state index in [1.807, 2.05) is 18.2 Å². The van der Waals surface area contributed by atoms with Gasteiger partial charge < -0.3 is 15.4 Å². The summed E-state index contributed by atoms with van der Waals surface area (Å²) in [5, 5.41) is 7.83. The third kappa shape index (κ3) is 6.14. The van der Waals surface area contributed by atoms with Gasteiger partial charge in [-0.2, -0.15) is 0 Å². The maximum atomic E-state index is 5.58. The molecule has 5 nitrogen and oxygen atoms in total. The van der Waals surface area contributed by atoms with E-state index in [0.717, 1.165) is 41.7 Å². The summed E-state index contributed by atoms with van der Waals surface area (Å²) in [5.74, 6) is 0.811. The third-order valence-electron chi connectivity index (χ3n) is 3.92. The lowest BCUT2D eigenvalue weighted by atomic mass is 10.1. The molecule has 2 N–H and O–H groups in total. The molecular formula is C19H28N4OS. The Labute approximate surface area is 154 Å². The highest BCUT2D eigenvalue weighted by Gasteiger charge is 2.10. The molecule has 0 fully saturated rings. The minimum absolute atomic E-state index is 0.0408. The van der Waals surface area contributed by atoms with Gasteiger partial charge in [-0.05, 0) is 26.3 Å². The Morgan fingerprint density at radius 1 is 1.24 bits per heavy atom. The minimum Gasteiger partial charge on any atom is -0.375 e. The van der Waals surface area contributed by atoms with Gasteiger partial charge in [0, 0.05) is 31.5 Å². The Morgan fingerprint density at radius 3 is 2.60 bits per heavy atom. The maximum absolute atomic E-state index is 5.58. The van der Waals surface area contributed by atoms with Crippen LogP contribution in [0, 0.1) is 13.8 Å². The van der Waals surface area contributed by atoms with Crippen LogP contribution in [0.5, 0.6) is 0 Å². The van der Waals surface area contributed by atoms with Crippen LogP contribution < -0.4 is 10.6 Å². The summed E-state index contributed by atoms with van der Waals surface area (Å²) in [7, 11) is 1.72. The van der Waals surface area contributed by atoms with Crippen LogP contribution in [0.15, 0.2) is 35.3 Å². The van der Waals surface area contributed by atoms with Gasteiger partial charge in [0.2, 0.25) is 0 Å². The fraction of sp³-hybridized carbons (Fsp3) is 0.474. The molecule has 2 aromatic rings. The number of hydrogen-bond acceptors (Lipinski definition) is 4. The molecule has 0 saturated carbocycles. The zero-order valence-electron chi connectivity index (χ0n) is 15.5. The standard InChI is InChI=1S/C19H28N4OS/c1-5-20-19(21-12-11-18-23-14(2)15(3)25-18)22-13-17(24-4)16-9-7-6-8-10-16/h6-10,17H,5,11-13H2,1-4H3,(H2,20,21,22). The number of aryl methyl sites for hydroxylation is 2. The first-order valence-electron chi connectivity index (χ1n) is 8.66. The van der Waals surface area contributed by atoms with Crippen molar-refractivity contribution in [2.75, 3.05) is 26.7 Å². The number of guanidine groups is 1. The highest BCUT2D eigenvalue weighted by atomic mass is 32.1. The van der Waals surface area contributed by atoms with E-state index in [9.17, 15) is 0 Å². The van der Waals surface area contributed by atoms with E-state index in [1.165, 1.54) is 4.88 Å². The molecule has 6 heteroatoms. The molecule has 2 rings (SSSR count). The van der Waals surface area contributed by atoms with Crippen LogP contribution in [0.3, 0.4) is 0 Å². The molecule has 1 unspecified atom stereocenters. The number of ether oxygens (including phenoxy) is 1. The van der Waals surface area contributed by atoms with E-state index in [-0.39, 0.29) is 6.10 Å². The van der Waals surface area contributed by atoms with Crippen molar-refractivity contribution in [3.8, 4) is 0 Å². The number of aromatic nitrogens is 1. The third-order valence-corrected chi connectivity index (χ3v) is 5.05. The van der Waals surface area contributed by atoms with Crippen molar-refractivity contribution in [2.45, 2.75) is 33.3 Å². The largest absolute Gasteiger partial charge is 0.375 e. The molecule has 136 valence electrons. The smallest absolute Gasteiger partial charge is 0.191 e. The van der Waals surface area contributed by atoms with E-state index in [1.54, 1.807) is 18.4 Å². The second kappa shape index (κ2) is 10.2. The van der Waals surface area contributed by atoms with Gasteiger partial charge in [0.1, 0.15) is 6.10 Å². The van der Waals surface area contributed by atoms with Crippen molar-refractivity contribution >= 4 is 17.3 Å². The fourth-order valence-corrected chi connectivity index (χ4v) is 3.37. The topological polar surface area (TPSA) is 58.5 Å². The number of thiazole rings is 1. The highest BCUT2D eigenvalue weighted by Crippen LogP contribution is 2.17. The lowest BCUT2D eigenvalue weighted by molar-refractivity contribution is 0.111. The average molecular weight is 361 g/mol. The van der Waals surface area contributed by atoms with Crippen molar-refractivity contribution in [2.24, 2.45) is 4.99 Å². The number of benzene rings is 1. The number of rotatable bonds is 8. The minimum atomic E-state index is -0.0408. The Balaban J connectivity index is 1.90. The van der Waals surface area contributed by atoms with Gasteiger partial charge in [-0.1, -0.05) is 30.3 Å². The van der Waals surface area contributed by atoms with E-state index in [0.29, 0.717) is 6.54 Å². The van der Waals surface area contributed by atoms with Crippen LogP contribution in [0.4, 0.5) is 0 Å². The average Bonchev–Trinajstić information content (AvgIpc) is 2.94. The molecule has 0 aliphatic carbocycles. The summed E-state index contributed by atoms with van der Waals surface area (Å²) in [5.41, 5.74) is 2.27. The van der Waals surface area contributed by atoms with Crippen LogP contribution in [0.2, 0.25) is 0 Å². The predicted octanol–water partition coefficient (Wildman–Crippen LogP) is 3.25. The van der Waals surface area contributed by atoms with Gasteiger partial charge in [-0.3, -0.25) is 4.99 Å². The van der Waals surface area contributed by atoms with Gasteiger partial charge in [-0.25, -0.2) is 4.98 Å². The zero-order valence-corrected chi connectivity index (χ0v) is 16.3. The van der Waals surface area contributed by atoms with Crippen molar-refractivity contribution in [1.82, 2.24) is 15.6 Å². The van der Waals surface area contributed by atoms with Crippen LogP contribution in [0.1, 0.15) is 34.2 Å². The summed E-state index contributed by atoms with van der Waals surface area (Å²) in [6, 6.07) is 10.2. The lowest BCUT2D eigenvalue weighted by Gasteiger charge is -2.15. The number of nitrogens with zero attached hydrogens (tertiary/aromatic N) is 2. The van der Waals surface area contributed by atoms with Crippen LogP contribution in [-0.4, -0.2) is 37.7 Å². The second-order valence-electron chi connectivity index (χ2n) is 5.78. The summed E-state index contributed by atoms with van der Waals surface area (Å²) >= 11 is 1.77. The van der Waals surface area contributed by atoms with Gasteiger partial charge in [-0.15, -0.1) is 11.3 Å². The van der Waals surface area contributed by atoms with Crippen molar-refractivity contribution in [1.29, 1.82) is 0 Å². The second-order valence-corrected chi connectivity index (χ2v) is 7.07. The quantitative estimate of drug-likeness (QED) is 0.560. The van der Waals surface area contributed by atoms with E-state index in [2.05, 4.69) is 53.5 Å².